The Morgan fingerprint density at radius 1 is 0.545 bits per heavy atom. The lowest BCUT2D eigenvalue weighted by Gasteiger charge is -2.17. The highest BCUT2D eigenvalue weighted by Crippen LogP contribution is 2.14. The van der Waals surface area contributed by atoms with E-state index in [0.29, 0.717) is 0 Å². The van der Waals surface area contributed by atoms with Crippen molar-refractivity contribution in [2.24, 2.45) is 0 Å². The molecule has 0 saturated heterocycles. The van der Waals surface area contributed by atoms with Crippen molar-refractivity contribution in [3.05, 3.63) is 96.6 Å². The van der Waals surface area contributed by atoms with Crippen LogP contribution in [-0.4, -0.2) is 6.69 Å². The normalized spacial score (nSPS) is 10.5. The van der Waals surface area contributed by atoms with Gasteiger partial charge in [-0.2, -0.15) is 0 Å². The Morgan fingerprint density at radius 3 is 1.14 bits per heavy atom. The van der Waals surface area contributed by atoms with Crippen LogP contribution >= 0.6 is 22.2 Å². The topological polar surface area (TPSA) is 0 Å². The zero-order valence-corrected chi connectivity index (χ0v) is 14.9. The van der Waals surface area contributed by atoms with Crippen LogP contribution in [0.1, 0.15) is 5.56 Å². The third-order valence-corrected chi connectivity index (χ3v) is 7.95. The Bertz CT molecular complexity index is 626. The SMILES string of the molecule is Cc1ccccc1.Cl[Si](Cl)(c1ccccc1)c1ccccc1. The highest BCUT2D eigenvalue weighted by atomic mass is 35.7. The molecule has 0 amide bonds. The average Bonchev–Trinajstić information content (AvgIpc) is 2.58. The van der Waals surface area contributed by atoms with Gasteiger partial charge in [0.05, 0.1) is 0 Å². The molecule has 0 aliphatic carbocycles. The Hall–Kier alpha value is -1.54. The van der Waals surface area contributed by atoms with Gasteiger partial charge in [0.15, 0.2) is 0 Å². The lowest BCUT2D eigenvalue weighted by molar-refractivity contribution is 1.48. The van der Waals surface area contributed by atoms with Crippen molar-refractivity contribution in [2.75, 3.05) is 0 Å². The minimum absolute atomic E-state index is 1.03. The lowest BCUT2D eigenvalue weighted by atomic mass is 10.2. The summed E-state index contributed by atoms with van der Waals surface area (Å²) in [6.45, 7) is -0.428. The van der Waals surface area contributed by atoms with Crippen LogP contribution in [0.5, 0.6) is 0 Å². The Balaban J connectivity index is 0.000000211. The lowest BCUT2D eigenvalue weighted by Crippen LogP contribution is -2.48. The fraction of sp³-hybridized carbons (Fsp3) is 0.0526. The predicted molar refractivity (Wildman–Crippen MR) is 101 cm³/mol. The zero-order chi connectivity index (χ0) is 15.8. The Morgan fingerprint density at radius 2 is 0.864 bits per heavy atom. The van der Waals surface area contributed by atoms with Gasteiger partial charge in [0.25, 0.3) is 0 Å². The van der Waals surface area contributed by atoms with Crippen molar-refractivity contribution in [1.29, 1.82) is 0 Å². The standard InChI is InChI=1S/C12H10Cl2Si.C7H8/c13-15(14,11-7-3-1-4-8-11)12-9-5-2-6-10-12;1-7-5-3-2-4-6-7/h1-10H;2-6H,1H3. The average molecular weight is 345 g/mol. The second-order valence-electron chi connectivity index (χ2n) is 4.96. The molecule has 0 aliphatic rings. The number of hydrogen-bond acceptors (Lipinski definition) is 0. The van der Waals surface area contributed by atoms with Gasteiger partial charge in [-0.3, -0.25) is 0 Å². The number of hydrogen-bond donors (Lipinski definition) is 0. The Kier molecular flexibility index (Phi) is 6.26. The van der Waals surface area contributed by atoms with Crippen LogP contribution in [0.3, 0.4) is 0 Å². The molecule has 0 atom stereocenters. The molecule has 3 aromatic rings. The summed E-state index contributed by atoms with van der Waals surface area (Å²) >= 11 is 13.0. The van der Waals surface area contributed by atoms with E-state index in [1.54, 1.807) is 0 Å². The van der Waals surface area contributed by atoms with Gasteiger partial charge >= 0.3 is 6.69 Å². The first-order chi connectivity index (χ1) is 10.6. The van der Waals surface area contributed by atoms with Gasteiger partial charge < -0.3 is 0 Å². The van der Waals surface area contributed by atoms with Crippen molar-refractivity contribution in [3.8, 4) is 0 Å². The molecule has 0 aromatic heterocycles. The van der Waals surface area contributed by atoms with Gasteiger partial charge in [-0.1, -0.05) is 96.6 Å². The smallest absolute Gasteiger partial charge is 0.134 e. The molecule has 3 rings (SSSR count). The molecular weight excluding hydrogens is 327 g/mol. The number of rotatable bonds is 2. The minimum atomic E-state index is -2.51. The van der Waals surface area contributed by atoms with Crippen molar-refractivity contribution >= 4 is 39.2 Å². The van der Waals surface area contributed by atoms with E-state index < -0.39 is 6.69 Å². The maximum absolute atomic E-state index is 6.49. The summed E-state index contributed by atoms with van der Waals surface area (Å²) in [6, 6.07) is 30.0. The summed E-state index contributed by atoms with van der Waals surface area (Å²) in [7, 11) is 0. The van der Waals surface area contributed by atoms with E-state index in [4.69, 9.17) is 22.2 Å². The minimum Gasteiger partial charge on any atom is -0.134 e. The first-order valence-electron chi connectivity index (χ1n) is 7.11. The van der Waals surface area contributed by atoms with Crippen molar-refractivity contribution in [3.63, 3.8) is 0 Å². The van der Waals surface area contributed by atoms with E-state index in [1.807, 2.05) is 78.9 Å². The fourth-order valence-corrected chi connectivity index (χ4v) is 5.06. The molecule has 3 heteroatoms. The van der Waals surface area contributed by atoms with Gasteiger partial charge in [-0.15, -0.1) is 22.2 Å². The molecule has 0 spiro atoms. The second-order valence-corrected chi connectivity index (χ2v) is 11.2. The van der Waals surface area contributed by atoms with E-state index in [-0.39, 0.29) is 0 Å². The zero-order valence-electron chi connectivity index (χ0n) is 12.4. The largest absolute Gasteiger partial charge is 0.310 e. The van der Waals surface area contributed by atoms with Crippen LogP contribution in [0, 0.1) is 6.92 Å². The highest BCUT2D eigenvalue weighted by molar-refractivity contribution is 7.56. The van der Waals surface area contributed by atoms with Crippen LogP contribution in [0.25, 0.3) is 0 Å². The van der Waals surface area contributed by atoms with Gasteiger partial charge in [0.1, 0.15) is 0 Å². The summed E-state index contributed by atoms with van der Waals surface area (Å²) in [4.78, 5) is 0. The molecule has 0 unspecified atom stereocenters. The summed E-state index contributed by atoms with van der Waals surface area (Å²) in [5.41, 5.74) is 1.32. The maximum Gasteiger partial charge on any atom is 0.310 e. The predicted octanol–water partition coefficient (Wildman–Crippen LogP) is 4.72. The molecule has 0 radical (unpaired) electrons. The molecule has 0 nitrogen and oxygen atoms in total. The van der Waals surface area contributed by atoms with Crippen LogP contribution < -0.4 is 10.4 Å². The van der Waals surface area contributed by atoms with Crippen molar-refractivity contribution in [2.45, 2.75) is 6.92 Å². The van der Waals surface area contributed by atoms with Crippen molar-refractivity contribution < 1.29 is 0 Å². The van der Waals surface area contributed by atoms with E-state index in [1.165, 1.54) is 5.56 Å². The fourth-order valence-electron chi connectivity index (χ4n) is 2.00. The number of benzene rings is 3. The monoisotopic (exact) mass is 344 g/mol. The van der Waals surface area contributed by atoms with Gasteiger partial charge in [0, 0.05) is 0 Å². The third-order valence-electron chi connectivity index (χ3n) is 3.21. The second kappa shape index (κ2) is 8.18. The molecule has 3 aromatic carbocycles. The van der Waals surface area contributed by atoms with Gasteiger partial charge in [-0.05, 0) is 17.3 Å². The number of halogens is 2. The third kappa shape index (κ3) is 4.74. The molecule has 0 saturated carbocycles. The van der Waals surface area contributed by atoms with Crippen molar-refractivity contribution in [1.82, 2.24) is 0 Å². The van der Waals surface area contributed by atoms with E-state index in [9.17, 15) is 0 Å². The summed E-state index contributed by atoms with van der Waals surface area (Å²) in [5.74, 6) is 0. The van der Waals surface area contributed by atoms with Crippen LogP contribution in [0.15, 0.2) is 91.0 Å². The first kappa shape index (κ1) is 16.8. The van der Waals surface area contributed by atoms with Gasteiger partial charge in [0.2, 0.25) is 0 Å². The van der Waals surface area contributed by atoms with Crippen LogP contribution in [0.2, 0.25) is 0 Å². The molecule has 112 valence electrons. The Labute approximate surface area is 142 Å². The number of aryl methyl sites for hydroxylation is 1. The summed E-state index contributed by atoms with van der Waals surface area (Å²) in [6.07, 6.45) is 0. The molecule has 0 bridgehead atoms. The highest BCUT2D eigenvalue weighted by Gasteiger charge is 2.32. The van der Waals surface area contributed by atoms with Gasteiger partial charge in [-0.25, -0.2) is 0 Å². The summed E-state index contributed by atoms with van der Waals surface area (Å²) < 4.78 is 0. The van der Waals surface area contributed by atoms with E-state index >= 15 is 0 Å². The van der Waals surface area contributed by atoms with E-state index in [2.05, 4.69) is 19.1 Å². The first-order valence-corrected chi connectivity index (χ1v) is 11.1. The van der Waals surface area contributed by atoms with Crippen LogP contribution in [-0.2, 0) is 0 Å². The molecule has 22 heavy (non-hydrogen) atoms. The molecule has 0 heterocycles. The summed E-state index contributed by atoms with van der Waals surface area (Å²) in [5, 5.41) is 2.05. The van der Waals surface area contributed by atoms with Crippen LogP contribution in [0.4, 0.5) is 0 Å². The van der Waals surface area contributed by atoms with E-state index in [0.717, 1.165) is 10.4 Å². The quantitative estimate of drug-likeness (QED) is 0.466. The molecule has 0 fully saturated rings. The molecular formula is C19H18Cl2Si. The molecule has 0 aliphatic heterocycles. The maximum atomic E-state index is 6.49. The molecule has 0 N–H and O–H groups in total.